The van der Waals surface area contributed by atoms with Gasteiger partial charge in [-0.3, -0.25) is 4.79 Å². The number of carbonyl (C=O) groups is 2. The Morgan fingerprint density at radius 1 is 1.17 bits per heavy atom. The van der Waals surface area contributed by atoms with Crippen molar-refractivity contribution in [2.45, 2.75) is 20.8 Å². The van der Waals surface area contributed by atoms with Crippen LogP contribution in [-0.4, -0.2) is 21.4 Å². The number of carboxylic acids is 1. The fourth-order valence-corrected chi connectivity index (χ4v) is 2.36. The van der Waals surface area contributed by atoms with Crippen molar-refractivity contribution in [3.63, 3.8) is 0 Å². The van der Waals surface area contributed by atoms with Gasteiger partial charge in [0, 0.05) is 18.1 Å². The minimum absolute atomic E-state index is 0.295. The average molecular weight is 245 g/mol. The van der Waals surface area contributed by atoms with E-state index >= 15 is 0 Å². The molecular formula is C14H15NO3. The van der Waals surface area contributed by atoms with E-state index in [1.54, 1.807) is 6.92 Å². The van der Waals surface area contributed by atoms with Crippen LogP contribution in [0.5, 0.6) is 0 Å². The van der Waals surface area contributed by atoms with Crippen molar-refractivity contribution in [3.8, 4) is 0 Å². The Bertz CT molecular complexity index is 680. The molecule has 0 aliphatic rings. The maximum atomic E-state index is 11.8. The van der Waals surface area contributed by atoms with Crippen molar-refractivity contribution in [1.82, 2.24) is 4.57 Å². The number of aliphatic carboxylic acids is 1. The smallest absolute Gasteiger partial charge is 0.377 e. The third-order valence-electron chi connectivity index (χ3n) is 3.59. The number of fused-ring (bicyclic) bond motifs is 1. The van der Waals surface area contributed by atoms with E-state index in [9.17, 15) is 9.59 Å². The van der Waals surface area contributed by atoms with E-state index in [0.29, 0.717) is 16.6 Å². The molecule has 0 bridgehead atoms. The molecule has 1 aromatic heterocycles. The third-order valence-corrected chi connectivity index (χ3v) is 3.59. The van der Waals surface area contributed by atoms with Gasteiger partial charge in [0.2, 0.25) is 0 Å². The summed E-state index contributed by atoms with van der Waals surface area (Å²) in [7, 11) is 1.85. The minimum atomic E-state index is -1.41. The molecule has 4 heteroatoms. The van der Waals surface area contributed by atoms with Crippen LogP contribution in [0, 0.1) is 20.8 Å². The molecule has 18 heavy (non-hydrogen) atoms. The lowest BCUT2D eigenvalue weighted by molar-refractivity contribution is -0.131. The Morgan fingerprint density at radius 3 is 2.33 bits per heavy atom. The van der Waals surface area contributed by atoms with Gasteiger partial charge >= 0.3 is 5.97 Å². The van der Waals surface area contributed by atoms with E-state index in [4.69, 9.17) is 5.11 Å². The second-order valence-corrected chi connectivity index (χ2v) is 4.56. The number of carboxylic acid groups (broad SMARTS) is 1. The number of aromatic nitrogens is 1. The molecule has 2 rings (SSSR count). The number of aryl methyl sites for hydroxylation is 3. The molecule has 0 aliphatic heterocycles. The molecule has 0 fully saturated rings. The highest BCUT2D eigenvalue weighted by molar-refractivity contribution is 6.42. The largest absolute Gasteiger partial charge is 0.475 e. The van der Waals surface area contributed by atoms with Crippen molar-refractivity contribution in [1.29, 1.82) is 0 Å². The lowest BCUT2D eigenvalue weighted by Crippen LogP contribution is -2.13. The normalized spacial score (nSPS) is 10.9. The van der Waals surface area contributed by atoms with Gasteiger partial charge in [0.25, 0.3) is 5.78 Å². The molecule has 0 radical (unpaired) electrons. The molecule has 1 heterocycles. The van der Waals surface area contributed by atoms with Crippen LogP contribution >= 0.6 is 0 Å². The summed E-state index contributed by atoms with van der Waals surface area (Å²) in [5.74, 6) is -2.26. The summed E-state index contributed by atoms with van der Waals surface area (Å²) >= 11 is 0. The highest BCUT2D eigenvalue weighted by Gasteiger charge is 2.24. The van der Waals surface area contributed by atoms with Crippen LogP contribution in [0.2, 0.25) is 0 Å². The number of nitrogens with zero attached hydrogens (tertiary/aromatic N) is 1. The maximum absolute atomic E-state index is 11.8. The topological polar surface area (TPSA) is 59.3 Å². The molecule has 2 aromatic rings. The van der Waals surface area contributed by atoms with E-state index in [-0.39, 0.29) is 0 Å². The summed E-state index contributed by atoms with van der Waals surface area (Å²) < 4.78 is 1.88. The molecule has 0 atom stereocenters. The molecule has 1 N–H and O–H groups in total. The van der Waals surface area contributed by atoms with Gasteiger partial charge in [-0.1, -0.05) is 12.1 Å². The second kappa shape index (κ2) is 3.98. The Balaban J connectivity index is 2.93. The molecule has 4 nitrogen and oxygen atoms in total. The van der Waals surface area contributed by atoms with E-state index in [1.165, 1.54) is 0 Å². The van der Waals surface area contributed by atoms with Crippen LogP contribution in [0.1, 0.15) is 27.2 Å². The van der Waals surface area contributed by atoms with Crippen LogP contribution in [0.4, 0.5) is 0 Å². The van der Waals surface area contributed by atoms with Crippen LogP contribution in [0.25, 0.3) is 10.9 Å². The first-order valence-corrected chi connectivity index (χ1v) is 5.69. The van der Waals surface area contributed by atoms with Crippen LogP contribution in [0.3, 0.4) is 0 Å². The summed E-state index contributed by atoms with van der Waals surface area (Å²) in [4.78, 5) is 22.7. The summed E-state index contributed by atoms with van der Waals surface area (Å²) in [6, 6.07) is 3.73. The Labute approximate surface area is 105 Å². The number of hydrogen-bond acceptors (Lipinski definition) is 2. The van der Waals surface area contributed by atoms with E-state index in [2.05, 4.69) is 0 Å². The van der Waals surface area contributed by atoms with Crippen molar-refractivity contribution >= 4 is 22.7 Å². The van der Waals surface area contributed by atoms with Crippen molar-refractivity contribution in [2.24, 2.45) is 7.05 Å². The number of benzene rings is 1. The van der Waals surface area contributed by atoms with Gasteiger partial charge < -0.3 is 9.67 Å². The van der Waals surface area contributed by atoms with E-state index < -0.39 is 11.8 Å². The number of hydrogen-bond donors (Lipinski definition) is 1. The number of carbonyl (C=O) groups excluding carboxylic acids is 1. The van der Waals surface area contributed by atoms with Crippen LogP contribution in [0.15, 0.2) is 12.1 Å². The van der Waals surface area contributed by atoms with Gasteiger partial charge in [-0.2, -0.15) is 0 Å². The maximum Gasteiger partial charge on any atom is 0.377 e. The molecule has 0 amide bonds. The van der Waals surface area contributed by atoms with Gasteiger partial charge in [-0.05, 0) is 31.9 Å². The van der Waals surface area contributed by atoms with Gasteiger partial charge in [-0.15, -0.1) is 0 Å². The molecule has 0 aliphatic carbocycles. The fraction of sp³-hybridized carbons (Fsp3) is 0.286. The first kappa shape index (κ1) is 12.4. The number of ketones is 1. The van der Waals surface area contributed by atoms with Crippen LogP contribution < -0.4 is 0 Å². The predicted octanol–water partition coefficient (Wildman–Crippen LogP) is 2.37. The Morgan fingerprint density at radius 2 is 1.78 bits per heavy atom. The average Bonchev–Trinajstić information content (AvgIpc) is 2.56. The lowest BCUT2D eigenvalue weighted by atomic mass is 10.0. The lowest BCUT2D eigenvalue weighted by Gasteiger charge is -2.05. The quantitative estimate of drug-likeness (QED) is 0.652. The molecule has 0 unspecified atom stereocenters. The minimum Gasteiger partial charge on any atom is -0.475 e. The molecule has 0 spiro atoms. The van der Waals surface area contributed by atoms with E-state index in [1.807, 2.05) is 37.6 Å². The number of rotatable bonds is 2. The highest BCUT2D eigenvalue weighted by atomic mass is 16.4. The molecule has 1 aromatic carbocycles. The van der Waals surface area contributed by atoms with Gasteiger partial charge in [0.05, 0.1) is 11.1 Å². The van der Waals surface area contributed by atoms with Gasteiger partial charge in [0.1, 0.15) is 0 Å². The van der Waals surface area contributed by atoms with Gasteiger partial charge in [-0.25, -0.2) is 4.79 Å². The highest BCUT2D eigenvalue weighted by Crippen LogP contribution is 2.29. The van der Waals surface area contributed by atoms with Gasteiger partial charge in [0.15, 0.2) is 0 Å². The zero-order valence-electron chi connectivity index (χ0n) is 10.9. The third kappa shape index (κ3) is 1.53. The zero-order chi connectivity index (χ0) is 13.6. The summed E-state index contributed by atoms with van der Waals surface area (Å²) in [5.41, 5.74) is 4.10. The molecule has 94 valence electrons. The first-order valence-electron chi connectivity index (χ1n) is 5.69. The van der Waals surface area contributed by atoms with Crippen LogP contribution in [-0.2, 0) is 11.8 Å². The summed E-state index contributed by atoms with van der Waals surface area (Å²) in [5, 5.41) is 9.61. The molecule has 0 saturated carbocycles. The number of Topliss-reactive ketones (excluding diaryl/α,β-unsaturated/α-hetero) is 1. The SMILES string of the molecule is Cc1ccc2c(C(=O)C(=O)O)c(C)n(C)c2c1C. The van der Waals surface area contributed by atoms with E-state index in [0.717, 1.165) is 16.6 Å². The summed E-state index contributed by atoms with van der Waals surface area (Å²) in [6.07, 6.45) is 0. The van der Waals surface area contributed by atoms with Crippen molar-refractivity contribution in [3.05, 3.63) is 34.5 Å². The predicted molar refractivity (Wildman–Crippen MR) is 69.1 cm³/mol. The summed E-state index contributed by atoms with van der Waals surface area (Å²) in [6.45, 7) is 5.74. The Kier molecular flexibility index (Phi) is 2.73. The first-order chi connectivity index (χ1) is 8.36. The van der Waals surface area contributed by atoms with Crippen molar-refractivity contribution < 1.29 is 14.7 Å². The second-order valence-electron chi connectivity index (χ2n) is 4.56. The standard InChI is InChI=1S/C14H15NO3/c1-7-5-6-10-11(13(16)14(17)18)9(3)15(4)12(10)8(7)2/h5-6H,1-4H3,(H,17,18). The zero-order valence-corrected chi connectivity index (χ0v) is 10.9. The Hall–Kier alpha value is -2.10. The monoisotopic (exact) mass is 245 g/mol. The molecule has 0 saturated heterocycles. The molecular weight excluding hydrogens is 230 g/mol. The van der Waals surface area contributed by atoms with Crippen molar-refractivity contribution in [2.75, 3.05) is 0 Å². The fourth-order valence-electron chi connectivity index (χ4n) is 2.36.